The zero-order valence-corrected chi connectivity index (χ0v) is 13.7. The number of nitrogens with one attached hydrogen (secondary N) is 1. The van der Waals surface area contributed by atoms with Gasteiger partial charge in [0.2, 0.25) is 0 Å². The summed E-state index contributed by atoms with van der Waals surface area (Å²) in [5, 5.41) is 16.8. The van der Waals surface area contributed by atoms with Crippen molar-refractivity contribution in [2.24, 2.45) is 0 Å². The Kier molecular flexibility index (Phi) is 6.08. The minimum Gasteiger partial charge on any atom is -0.497 e. The topological polar surface area (TPSA) is 93.5 Å². The van der Waals surface area contributed by atoms with Gasteiger partial charge in [-0.3, -0.25) is 9.59 Å². The fourth-order valence-corrected chi connectivity index (χ4v) is 2.17. The van der Waals surface area contributed by atoms with E-state index in [-0.39, 0.29) is 17.8 Å². The van der Waals surface area contributed by atoms with Crippen LogP contribution in [0.4, 0.5) is 0 Å². The largest absolute Gasteiger partial charge is 0.497 e. The number of benzene rings is 1. The molecule has 0 aliphatic heterocycles. The number of nitrogens with zero attached hydrogens (tertiary/aromatic N) is 2. The lowest BCUT2D eigenvalue weighted by atomic mass is 10.1. The summed E-state index contributed by atoms with van der Waals surface area (Å²) in [6.07, 6.45) is -0.102. The third kappa shape index (κ3) is 4.42. The van der Waals surface area contributed by atoms with Crippen molar-refractivity contribution in [3.05, 3.63) is 58.0 Å². The van der Waals surface area contributed by atoms with E-state index in [4.69, 9.17) is 4.74 Å². The molecule has 2 N–H and O–H groups in total. The molecule has 1 heterocycles. The molecule has 24 heavy (non-hydrogen) atoms. The van der Waals surface area contributed by atoms with Crippen molar-refractivity contribution in [2.45, 2.75) is 26.0 Å². The van der Waals surface area contributed by atoms with Crippen LogP contribution in [0, 0.1) is 0 Å². The average molecular weight is 331 g/mol. The number of carbonyl (C=O) groups is 1. The quantitative estimate of drug-likeness (QED) is 0.793. The molecular weight excluding hydrogens is 310 g/mol. The second-order valence-corrected chi connectivity index (χ2v) is 5.28. The molecule has 2 rings (SSSR count). The molecule has 7 heteroatoms. The lowest BCUT2D eigenvalue weighted by Gasteiger charge is -2.13. The van der Waals surface area contributed by atoms with Gasteiger partial charge >= 0.3 is 0 Å². The summed E-state index contributed by atoms with van der Waals surface area (Å²) >= 11 is 0. The lowest BCUT2D eigenvalue weighted by Crippen LogP contribution is -2.32. The fourth-order valence-electron chi connectivity index (χ4n) is 2.17. The van der Waals surface area contributed by atoms with Crippen molar-refractivity contribution in [1.82, 2.24) is 15.1 Å². The lowest BCUT2D eigenvalue weighted by molar-refractivity contribution is 0.0908. The van der Waals surface area contributed by atoms with Gasteiger partial charge in [0.15, 0.2) is 0 Å². The Balaban J connectivity index is 1.99. The van der Waals surface area contributed by atoms with Crippen molar-refractivity contribution in [3.63, 3.8) is 0 Å². The number of aryl methyl sites for hydroxylation is 1. The Hall–Kier alpha value is -2.67. The first-order valence-corrected chi connectivity index (χ1v) is 7.73. The standard InChI is InChI=1S/C17H21N3O4/c1-3-10-20-16(22)9-8-14(19-20)17(23)18-11-15(21)12-4-6-13(24-2)7-5-12/h4-9,15,21H,3,10-11H2,1-2H3,(H,18,23)/t15-/m0/s1. The third-order valence-electron chi connectivity index (χ3n) is 3.49. The number of rotatable bonds is 7. The van der Waals surface area contributed by atoms with Crippen LogP contribution < -0.4 is 15.6 Å². The zero-order chi connectivity index (χ0) is 17.5. The number of ether oxygens (including phenoxy) is 1. The first-order chi connectivity index (χ1) is 11.5. The second-order valence-electron chi connectivity index (χ2n) is 5.28. The number of aliphatic hydroxyl groups excluding tert-OH is 1. The Labute approximate surface area is 139 Å². The molecule has 1 amide bonds. The predicted octanol–water partition coefficient (Wildman–Crippen LogP) is 1.13. The van der Waals surface area contributed by atoms with E-state index in [1.54, 1.807) is 31.4 Å². The molecule has 0 fully saturated rings. The van der Waals surface area contributed by atoms with E-state index in [0.29, 0.717) is 17.9 Å². The van der Waals surface area contributed by atoms with Crippen molar-refractivity contribution < 1.29 is 14.6 Å². The average Bonchev–Trinajstić information content (AvgIpc) is 2.61. The van der Waals surface area contributed by atoms with E-state index in [1.807, 2.05) is 6.92 Å². The van der Waals surface area contributed by atoms with Gasteiger partial charge in [0, 0.05) is 19.2 Å². The van der Waals surface area contributed by atoms with Crippen LogP contribution in [-0.2, 0) is 6.54 Å². The number of aliphatic hydroxyl groups is 1. The number of carbonyl (C=O) groups excluding carboxylic acids is 1. The predicted molar refractivity (Wildman–Crippen MR) is 89.1 cm³/mol. The van der Waals surface area contributed by atoms with Crippen LogP contribution in [0.2, 0.25) is 0 Å². The van der Waals surface area contributed by atoms with E-state index >= 15 is 0 Å². The molecule has 7 nitrogen and oxygen atoms in total. The third-order valence-corrected chi connectivity index (χ3v) is 3.49. The maximum Gasteiger partial charge on any atom is 0.271 e. The summed E-state index contributed by atoms with van der Waals surface area (Å²) < 4.78 is 6.32. The monoisotopic (exact) mass is 331 g/mol. The summed E-state index contributed by atoms with van der Waals surface area (Å²) in [5.74, 6) is 0.254. The fraction of sp³-hybridized carbons (Fsp3) is 0.353. The first-order valence-electron chi connectivity index (χ1n) is 7.73. The maximum atomic E-state index is 12.1. The molecule has 0 aliphatic rings. The number of methoxy groups -OCH3 is 1. The molecule has 0 saturated heterocycles. The Morgan fingerprint density at radius 2 is 2.00 bits per heavy atom. The molecule has 0 saturated carbocycles. The summed E-state index contributed by atoms with van der Waals surface area (Å²) in [6, 6.07) is 9.64. The van der Waals surface area contributed by atoms with Crippen molar-refractivity contribution in [3.8, 4) is 5.75 Å². The molecular formula is C17H21N3O4. The SMILES string of the molecule is CCCn1nc(C(=O)NC[C@H](O)c2ccc(OC)cc2)ccc1=O. The van der Waals surface area contributed by atoms with Gasteiger partial charge in [-0.05, 0) is 30.2 Å². The Bertz CT molecular complexity index is 740. The van der Waals surface area contributed by atoms with Crippen molar-refractivity contribution in [2.75, 3.05) is 13.7 Å². The van der Waals surface area contributed by atoms with Gasteiger partial charge in [-0.25, -0.2) is 4.68 Å². The summed E-state index contributed by atoms with van der Waals surface area (Å²) in [5.41, 5.74) is 0.566. The van der Waals surface area contributed by atoms with E-state index < -0.39 is 12.0 Å². The molecule has 1 atom stereocenters. The van der Waals surface area contributed by atoms with Crippen LogP contribution in [-0.4, -0.2) is 34.4 Å². The van der Waals surface area contributed by atoms with Crippen LogP contribution in [0.3, 0.4) is 0 Å². The van der Waals surface area contributed by atoms with Crippen LogP contribution in [0.25, 0.3) is 0 Å². The van der Waals surface area contributed by atoms with Crippen LogP contribution in [0.1, 0.15) is 35.5 Å². The number of amides is 1. The van der Waals surface area contributed by atoms with Crippen molar-refractivity contribution in [1.29, 1.82) is 0 Å². The number of aromatic nitrogens is 2. The minimum absolute atomic E-state index is 0.0414. The highest BCUT2D eigenvalue weighted by Gasteiger charge is 2.13. The van der Waals surface area contributed by atoms with Gasteiger partial charge in [0.25, 0.3) is 11.5 Å². The molecule has 0 bridgehead atoms. The summed E-state index contributed by atoms with van der Waals surface area (Å²) in [7, 11) is 1.57. The van der Waals surface area contributed by atoms with Crippen LogP contribution >= 0.6 is 0 Å². The summed E-state index contributed by atoms with van der Waals surface area (Å²) in [6.45, 7) is 2.42. The van der Waals surface area contributed by atoms with Gasteiger partial charge in [-0.15, -0.1) is 0 Å². The van der Waals surface area contributed by atoms with E-state index in [0.717, 1.165) is 6.42 Å². The van der Waals surface area contributed by atoms with Crippen LogP contribution in [0.5, 0.6) is 5.75 Å². The number of hydrogen-bond acceptors (Lipinski definition) is 5. The van der Waals surface area contributed by atoms with Gasteiger partial charge in [-0.2, -0.15) is 5.10 Å². The smallest absolute Gasteiger partial charge is 0.271 e. The normalized spacial score (nSPS) is 11.8. The highest BCUT2D eigenvalue weighted by atomic mass is 16.5. The second kappa shape index (κ2) is 8.26. The number of hydrogen-bond donors (Lipinski definition) is 2. The molecule has 1 aromatic carbocycles. The molecule has 0 aliphatic carbocycles. The zero-order valence-electron chi connectivity index (χ0n) is 13.7. The Morgan fingerprint density at radius 3 is 2.62 bits per heavy atom. The van der Waals surface area contributed by atoms with E-state index in [9.17, 15) is 14.7 Å². The molecule has 0 radical (unpaired) electrons. The maximum absolute atomic E-state index is 12.1. The van der Waals surface area contributed by atoms with E-state index in [2.05, 4.69) is 10.4 Å². The van der Waals surface area contributed by atoms with Crippen molar-refractivity contribution >= 4 is 5.91 Å². The van der Waals surface area contributed by atoms with Gasteiger partial charge in [-0.1, -0.05) is 19.1 Å². The minimum atomic E-state index is -0.846. The molecule has 1 aromatic heterocycles. The molecule has 0 spiro atoms. The molecule has 2 aromatic rings. The summed E-state index contributed by atoms with van der Waals surface area (Å²) in [4.78, 5) is 23.7. The first kappa shape index (κ1) is 17.7. The highest BCUT2D eigenvalue weighted by Crippen LogP contribution is 2.16. The van der Waals surface area contributed by atoms with Crippen LogP contribution in [0.15, 0.2) is 41.2 Å². The van der Waals surface area contributed by atoms with Gasteiger partial charge in [0.1, 0.15) is 11.4 Å². The highest BCUT2D eigenvalue weighted by molar-refractivity contribution is 5.92. The molecule has 0 unspecified atom stereocenters. The van der Waals surface area contributed by atoms with E-state index in [1.165, 1.54) is 16.8 Å². The van der Waals surface area contributed by atoms with Gasteiger partial charge < -0.3 is 15.2 Å². The Morgan fingerprint density at radius 1 is 1.29 bits per heavy atom. The van der Waals surface area contributed by atoms with Gasteiger partial charge in [0.05, 0.1) is 13.2 Å². The molecule has 128 valence electrons.